The summed E-state index contributed by atoms with van der Waals surface area (Å²) in [7, 11) is 1.56. The zero-order valence-corrected chi connectivity index (χ0v) is 18.1. The Bertz CT molecular complexity index is 1070. The third-order valence-electron chi connectivity index (χ3n) is 5.45. The maximum absolute atomic E-state index is 13.5. The van der Waals surface area contributed by atoms with Crippen molar-refractivity contribution in [1.29, 1.82) is 0 Å². The van der Waals surface area contributed by atoms with Crippen molar-refractivity contribution in [3.63, 3.8) is 0 Å². The Hall–Kier alpha value is -3.33. The van der Waals surface area contributed by atoms with Crippen molar-refractivity contribution in [1.82, 2.24) is 4.57 Å². The van der Waals surface area contributed by atoms with Gasteiger partial charge in [0, 0.05) is 24.8 Å². The normalized spacial score (nSPS) is 12.9. The first-order valence-corrected chi connectivity index (χ1v) is 9.66. The van der Waals surface area contributed by atoms with E-state index in [9.17, 15) is 23.6 Å². The van der Waals surface area contributed by atoms with Crippen LogP contribution in [-0.2, 0) is 16.6 Å². The number of amides is 1. The smallest absolute Gasteiger partial charge is 0.320 e. The molecule has 0 bridgehead atoms. The van der Waals surface area contributed by atoms with Gasteiger partial charge in [0.25, 0.3) is 5.91 Å². The summed E-state index contributed by atoms with van der Waals surface area (Å²) in [6.45, 7) is 6.26. The van der Waals surface area contributed by atoms with Crippen molar-refractivity contribution in [3.8, 4) is 0 Å². The third-order valence-corrected chi connectivity index (χ3v) is 5.45. The van der Waals surface area contributed by atoms with Crippen LogP contribution in [0.3, 0.4) is 0 Å². The molecule has 0 aliphatic heterocycles. The Morgan fingerprint density at radius 3 is 2.35 bits per heavy atom. The number of Topliss-reactive ketones (excluding diaryl/α,β-unsaturated/α-hetero) is 2. The molecule has 166 valence electrons. The highest BCUT2D eigenvalue weighted by Crippen LogP contribution is 2.24. The van der Waals surface area contributed by atoms with Crippen LogP contribution in [0.5, 0.6) is 0 Å². The Morgan fingerprint density at radius 2 is 1.81 bits per heavy atom. The van der Waals surface area contributed by atoms with Gasteiger partial charge < -0.3 is 20.7 Å². The third kappa shape index (κ3) is 4.88. The predicted molar refractivity (Wildman–Crippen MR) is 113 cm³/mol. The van der Waals surface area contributed by atoms with E-state index in [1.807, 2.05) is 0 Å². The Morgan fingerprint density at radius 1 is 1.19 bits per heavy atom. The van der Waals surface area contributed by atoms with Crippen molar-refractivity contribution in [2.24, 2.45) is 18.7 Å². The number of hydrogen-bond donors (Lipinski definition) is 3. The fourth-order valence-corrected chi connectivity index (χ4v) is 3.44. The fourth-order valence-electron chi connectivity index (χ4n) is 3.44. The Kier molecular flexibility index (Phi) is 7.12. The van der Waals surface area contributed by atoms with Gasteiger partial charge >= 0.3 is 5.97 Å². The number of halogens is 1. The quantitative estimate of drug-likeness (QED) is 0.435. The van der Waals surface area contributed by atoms with Gasteiger partial charge in [-0.3, -0.25) is 19.2 Å². The van der Waals surface area contributed by atoms with Crippen molar-refractivity contribution in [2.45, 2.75) is 40.2 Å². The molecule has 31 heavy (non-hydrogen) atoms. The van der Waals surface area contributed by atoms with E-state index in [4.69, 9.17) is 10.8 Å². The number of nitrogens with one attached hydrogen (secondary N) is 1. The van der Waals surface area contributed by atoms with Gasteiger partial charge in [0.05, 0.1) is 11.3 Å². The monoisotopic (exact) mass is 431 g/mol. The molecule has 1 heterocycles. The molecule has 1 aromatic carbocycles. The summed E-state index contributed by atoms with van der Waals surface area (Å²) in [6.07, 6.45) is -0.327. The summed E-state index contributed by atoms with van der Waals surface area (Å²) in [5.74, 6) is -4.48. The van der Waals surface area contributed by atoms with Crippen LogP contribution in [-0.4, -0.2) is 39.2 Å². The van der Waals surface area contributed by atoms with Gasteiger partial charge in [-0.15, -0.1) is 0 Å². The van der Waals surface area contributed by atoms with Gasteiger partial charge in [0.2, 0.25) is 11.6 Å². The number of benzene rings is 1. The molecule has 1 aromatic heterocycles. The van der Waals surface area contributed by atoms with E-state index in [-0.39, 0.29) is 17.7 Å². The second kappa shape index (κ2) is 9.22. The molecule has 8 nitrogen and oxygen atoms in total. The molecule has 0 saturated carbocycles. The number of aryl methyl sites for hydroxylation is 1. The van der Waals surface area contributed by atoms with E-state index >= 15 is 0 Å². The number of carbonyl (C=O) groups is 4. The first-order chi connectivity index (χ1) is 14.4. The van der Waals surface area contributed by atoms with Crippen molar-refractivity contribution in [3.05, 3.63) is 52.1 Å². The lowest BCUT2D eigenvalue weighted by atomic mass is 9.94. The standard InChI is InChI=1S/C22H26FN3O5/c1-10-8-14(6-7-15(10)23)25-21(29)17-12(3)19(26(5)13(17)4)20(28)16(27)9-11(2)18(24)22(30)31/h6-8,11,18H,9,24H2,1-5H3,(H,25,29)(H,30,31)/t11?,18-/m1/s1. The second-order valence-electron chi connectivity index (χ2n) is 7.71. The first kappa shape index (κ1) is 23.9. The molecule has 0 aliphatic carbocycles. The van der Waals surface area contributed by atoms with Gasteiger partial charge in [-0.1, -0.05) is 6.92 Å². The molecule has 1 amide bonds. The van der Waals surface area contributed by atoms with Crippen LogP contribution < -0.4 is 11.1 Å². The number of carboxylic acid groups (broad SMARTS) is 1. The van der Waals surface area contributed by atoms with Crippen LogP contribution >= 0.6 is 0 Å². The lowest BCUT2D eigenvalue weighted by molar-refractivity contribution is -0.139. The molecule has 0 saturated heterocycles. The number of aliphatic carboxylic acids is 1. The van der Waals surface area contributed by atoms with E-state index in [1.165, 1.54) is 29.7 Å². The molecule has 2 atom stereocenters. The van der Waals surface area contributed by atoms with E-state index in [0.29, 0.717) is 22.5 Å². The fraction of sp³-hybridized carbons (Fsp3) is 0.364. The lowest BCUT2D eigenvalue weighted by Crippen LogP contribution is -2.38. The molecule has 2 aromatic rings. The van der Waals surface area contributed by atoms with Gasteiger partial charge in [-0.25, -0.2) is 4.39 Å². The number of rotatable bonds is 8. The molecule has 9 heteroatoms. The van der Waals surface area contributed by atoms with E-state index in [1.54, 1.807) is 27.8 Å². The maximum Gasteiger partial charge on any atom is 0.320 e. The van der Waals surface area contributed by atoms with Crippen LogP contribution in [0.15, 0.2) is 18.2 Å². The van der Waals surface area contributed by atoms with Crippen molar-refractivity contribution < 1.29 is 28.7 Å². The van der Waals surface area contributed by atoms with Crippen LogP contribution in [0, 0.1) is 32.5 Å². The average molecular weight is 431 g/mol. The number of nitrogens with zero attached hydrogens (tertiary/aromatic N) is 1. The molecule has 0 radical (unpaired) electrons. The minimum absolute atomic E-state index is 0.0547. The summed E-state index contributed by atoms with van der Waals surface area (Å²) in [4.78, 5) is 49.1. The summed E-state index contributed by atoms with van der Waals surface area (Å²) in [6, 6.07) is 2.89. The Balaban J connectivity index is 2.31. The number of carboxylic acids is 1. The van der Waals surface area contributed by atoms with Gasteiger partial charge in [0.1, 0.15) is 11.9 Å². The zero-order valence-electron chi connectivity index (χ0n) is 18.1. The van der Waals surface area contributed by atoms with E-state index in [0.717, 1.165) is 0 Å². The van der Waals surface area contributed by atoms with Crippen molar-refractivity contribution in [2.75, 3.05) is 5.32 Å². The van der Waals surface area contributed by atoms with E-state index < -0.39 is 41.2 Å². The van der Waals surface area contributed by atoms with Crippen LogP contribution in [0.4, 0.5) is 10.1 Å². The molecule has 0 fully saturated rings. The number of carbonyl (C=O) groups excluding carboxylic acids is 3. The molecule has 0 spiro atoms. The van der Waals surface area contributed by atoms with Gasteiger partial charge in [-0.05, 0) is 56.0 Å². The zero-order chi connectivity index (χ0) is 23.6. The number of ketones is 2. The summed E-state index contributed by atoms with van der Waals surface area (Å²) in [5.41, 5.74) is 7.37. The largest absolute Gasteiger partial charge is 0.480 e. The van der Waals surface area contributed by atoms with Crippen LogP contribution in [0.2, 0.25) is 0 Å². The highest BCUT2D eigenvalue weighted by Gasteiger charge is 2.31. The molecular formula is C22H26FN3O5. The number of anilines is 1. The molecule has 4 N–H and O–H groups in total. The minimum Gasteiger partial charge on any atom is -0.480 e. The topological polar surface area (TPSA) is 131 Å². The molecule has 1 unspecified atom stereocenters. The second-order valence-corrected chi connectivity index (χ2v) is 7.71. The minimum atomic E-state index is -1.27. The lowest BCUT2D eigenvalue weighted by Gasteiger charge is -2.14. The number of nitrogens with two attached hydrogens (primary N) is 1. The Labute approximate surface area is 179 Å². The molecule has 0 aliphatic rings. The highest BCUT2D eigenvalue weighted by atomic mass is 19.1. The first-order valence-electron chi connectivity index (χ1n) is 9.66. The van der Waals surface area contributed by atoms with Crippen LogP contribution in [0.25, 0.3) is 0 Å². The number of hydrogen-bond acceptors (Lipinski definition) is 5. The van der Waals surface area contributed by atoms with Gasteiger partial charge in [0.15, 0.2) is 0 Å². The van der Waals surface area contributed by atoms with E-state index in [2.05, 4.69) is 5.32 Å². The average Bonchev–Trinajstić information content (AvgIpc) is 2.91. The highest BCUT2D eigenvalue weighted by molar-refractivity contribution is 6.44. The molecular weight excluding hydrogens is 405 g/mol. The predicted octanol–water partition coefficient (Wildman–Crippen LogP) is 2.53. The summed E-state index contributed by atoms with van der Waals surface area (Å²) in [5, 5.41) is 11.7. The number of aromatic nitrogens is 1. The SMILES string of the molecule is Cc1cc(NC(=O)c2c(C)c(C(=O)C(=O)CC(C)[C@@H](N)C(=O)O)n(C)c2C)ccc1F. The van der Waals surface area contributed by atoms with Gasteiger partial charge in [-0.2, -0.15) is 0 Å². The van der Waals surface area contributed by atoms with Crippen LogP contribution in [0.1, 0.15) is 51.0 Å². The molecule has 2 rings (SSSR count). The summed E-state index contributed by atoms with van der Waals surface area (Å²) >= 11 is 0. The van der Waals surface area contributed by atoms with Crippen molar-refractivity contribution >= 4 is 29.1 Å². The summed E-state index contributed by atoms with van der Waals surface area (Å²) < 4.78 is 14.9. The maximum atomic E-state index is 13.5.